The first-order chi connectivity index (χ1) is 16.8. The average Bonchev–Trinajstić information content (AvgIpc) is 3.22. The number of carboxylic acid groups (broad SMARTS) is 1. The third-order valence-corrected chi connectivity index (χ3v) is 9.03. The van der Waals surface area contributed by atoms with Gasteiger partial charge >= 0.3 is 12.1 Å². The molecule has 2 aromatic rings. The van der Waals surface area contributed by atoms with Crippen LogP contribution in [0.25, 0.3) is 0 Å². The van der Waals surface area contributed by atoms with Gasteiger partial charge in [0.2, 0.25) is 0 Å². The normalized spacial score (nSPS) is 23.8. The predicted molar refractivity (Wildman–Crippen MR) is 129 cm³/mol. The summed E-state index contributed by atoms with van der Waals surface area (Å²) >= 11 is 0. The second-order valence-corrected chi connectivity index (χ2v) is 11.5. The van der Waals surface area contributed by atoms with Gasteiger partial charge in [-0.2, -0.15) is 13.2 Å². The number of hydrogen-bond acceptors (Lipinski definition) is 6. The largest absolute Gasteiger partial charge is 0.481 e. The van der Waals surface area contributed by atoms with Gasteiger partial charge in [0.1, 0.15) is 11.2 Å². The molecule has 1 aliphatic heterocycles. The number of rotatable bonds is 6. The molecule has 194 valence electrons. The maximum absolute atomic E-state index is 13.6. The van der Waals surface area contributed by atoms with Crippen molar-refractivity contribution in [1.29, 1.82) is 0 Å². The molecule has 1 fully saturated rings. The first-order valence-electron chi connectivity index (χ1n) is 11.6. The van der Waals surface area contributed by atoms with Crippen molar-refractivity contribution in [2.24, 2.45) is 0 Å². The van der Waals surface area contributed by atoms with E-state index >= 15 is 0 Å². The van der Waals surface area contributed by atoms with Gasteiger partial charge in [0.15, 0.2) is 9.84 Å². The number of carboxylic acids is 1. The molecule has 4 rings (SSSR count). The number of piperazine rings is 1. The Morgan fingerprint density at radius 1 is 1.19 bits per heavy atom. The quantitative estimate of drug-likeness (QED) is 0.570. The Balaban J connectivity index is 1.57. The zero-order valence-corrected chi connectivity index (χ0v) is 20.8. The molecule has 0 bridgehead atoms. The van der Waals surface area contributed by atoms with Gasteiger partial charge in [-0.25, -0.2) is 13.4 Å². The van der Waals surface area contributed by atoms with E-state index in [1.807, 2.05) is 18.7 Å². The molecule has 0 radical (unpaired) electrons. The van der Waals surface area contributed by atoms with Crippen LogP contribution in [-0.2, 0) is 27.2 Å². The highest BCUT2D eigenvalue weighted by molar-refractivity contribution is 7.92. The third kappa shape index (κ3) is 4.73. The summed E-state index contributed by atoms with van der Waals surface area (Å²) in [5.41, 5.74) is 0.546. The monoisotopic (exact) mass is 523 g/mol. The number of aliphatic carboxylic acids is 1. The molecule has 1 N–H and O–H groups in total. The molecule has 1 aromatic heterocycles. The summed E-state index contributed by atoms with van der Waals surface area (Å²) in [5, 5.41) is 8.46. The number of benzene rings is 1. The average molecular weight is 524 g/mol. The number of nitrogens with zero attached hydrogens (tertiary/aromatic N) is 3. The van der Waals surface area contributed by atoms with Crippen LogP contribution < -0.4 is 4.90 Å². The molecule has 0 amide bonds. The highest BCUT2D eigenvalue weighted by Gasteiger charge is 2.39. The Morgan fingerprint density at radius 2 is 1.86 bits per heavy atom. The SMILES string of the molecule is C=CC(N1CC(C)N(c2ccc(C(F)(F)F)cn2)C(C)C1)S(=O)(=O)c1ccc2c(c1)C(C(=O)O)CC2. The Hall–Kier alpha value is -2.92. The summed E-state index contributed by atoms with van der Waals surface area (Å²) in [5.74, 6) is -1.31. The number of pyridine rings is 1. The number of fused-ring (bicyclic) bond motifs is 1. The zero-order chi connectivity index (χ0) is 26.4. The van der Waals surface area contributed by atoms with Crippen LogP contribution >= 0.6 is 0 Å². The first-order valence-corrected chi connectivity index (χ1v) is 13.2. The Labute approximate surface area is 208 Å². The highest BCUT2D eigenvalue weighted by Crippen LogP contribution is 2.36. The van der Waals surface area contributed by atoms with E-state index in [0.29, 0.717) is 37.3 Å². The number of sulfone groups is 1. The van der Waals surface area contributed by atoms with Crippen molar-refractivity contribution < 1.29 is 31.5 Å². The molecular weight excluding hydrogens is 495 g/mol. The first kappa shape index (κ1) is 26.2. The summed E-state index contributed by atoms with van der Waals surface area (Å²) in [6.07, 6.45) is -1.28. The Morgan fingerprint density at radius 3 is 2.39 bits per heavy atom. The van der Waals surface area contributed by atoms with Crippen molar-refractivity contribution in [3.05, 3.63) is 65.9 Å². The number of aryl methyl sites for hydroxylation is 1. The van der Waals surface area contributed by atoms with Crippen molar-refractivity contribution in [3.63, 3.8) is 0 Å². The smallest absolute Gasteiger partial charge is 0.417 e. The zero-order valence-electron chi connectivity index (χ0n) is 19.9. The van der Waals surface area contributed by atoms with E-state index in [9.17, 15) is 31.5 Å². The van der Waals surface area contributed by atoms with Gasteiger partial charge in [-0.15, -0.1) is 6.58 Å². The highest BCUT2D eigenvalue weighted by atomic mass is 32.2. The maximum atomic E-state index is 13.6. The lowest BCUT2D eigenvalue weighted by Crippen LogP contribution is -2.60. The van der Waals surface area contributed by atoms with Gasteiger partial charge in [-0.3, -0.25) is 9.69 Å². The van der Waals surface area contributed by atoms with Crippen LogP contribution in [0.1, 0.15) is 42.9 Å². The minimum absolute atomic E-state index is 0.0476. The van der Waals surface area contributed by atoms with E-state index < -0.39 is 38.8 Å². The van der Waals surface area contributed by atoms with Gasteiger partial charge < -0.3 is 10.0 Å². The lowest BCUT2D eigenvalue weighted by molar-refractivity contribution is -0.139. The van der Waals surface area contributed by atoms with E-state index in [0.717, 1.165) is 17.8 Å². The van der Waals surface area contributed by atoms with E-state index in [1.165, 1.54) is 24.3 Å². The molecular formula is C25H28F3N3O4S. The predicted octanol–water partition coefficient (Wildman–Crippen LogP) is 4.10. The number of alkyl halides is 3. The second kappa shape index (κ2) is 9.51. The maximum Gasteiger partial charge on any atom is 0.417 e. The summed E-state index contributed by atoms with van der Waals surface area (Å²) in [4.78, 5) is 19.3. The van der Waals surface area contributed by atoms with E-state index in [1.54, 1.807) is 11.0 Å². The molecule has 7 nitrogen and oxygen atoms in total. The van der Waals surface area contributed by atoms with Crippen molar-refractivity contribution in [2.45, 2.75) is 61.1 Å². The number of hydrogen-bond donors (Lipinski definition) is 1. The molecule has 1 aliphatic carbocycles. The molecule has 4 unspecified atom stereocenters. The van der Waals surface area contributed by atoms with Gasteiger partial charge in [0.25, 0.3) is 0 Å². The summed E-state index contributed by atoms with van der Waals surface area (Å²) in [6.45, 7) is 8.10. The van der Waals surface area contributed by atoms with Gasteiger partial charge in [-0.1, -0.05) is 12.1 Å². The van der Waals surface area contributed by atoms with Gasteiger partial charge in [0, 0.05) is 31.4 Å². The van der Waals surface area contributed by atoms with Gasteiger partial charge in [0.05, 0.1) is 16.4 Å². The van der Waals surface area contributed by atoms with Crippen LogP contribution in [0, 0.1) is 0 Å². The molecule has 2 heterocycles. The summed E-state index contributed by atoms with van der Waals surface area (Å²) < 4.78 is 66.1. The second-order valence-electron chi connectivity index (χ2n) is 9.42. The summed E-state index contributed by atoms with van der Waals surface area (Å²) in [7, 11) is -3.92. The van der Waals surface area contributed by atoms with Crippen LogP contribution in [0.4, 0.5) is 19.0 Å². The number of aromatic nitrogens is 1. The molecule has 0 saturated carbocycles. The number of carbonyl (C=O) groups is 1. The minimum atomic E-state index is -4.48. The fourth-order valence-corrected chi connectivity index (χ4v) is 7.00. The van der Waals surface area contributed by atoms with Crippen molar-refractivity contribution >= 4 is 21.6 Å². The van der Waals surface area contributed by atoms with Crippen molar-refractivity contribution in [2.75, 3.05) is 18.0 Å². The van der Waals surface area contributed by atoms with Gasteiger partial charge in [-0.05, 0) is 62.1 Å². The molecule has 1 aromatic carbocycles. The van der Waals surface area contributed by atoms with Crippen molar-refractivity contribution in [1.82, 2.24) is 9.88 Å². The molecule has 1 saturated heterocycles. The minimum Gasteiger partial charge on any atom is -0.481 e. The number of anilines is 1. The Bertz CT molecular complexity index is 1250. The summed E-state index contributed by atoms with van der Waals surface area (Å²) in [6, 6.07) is 6.51. The van der Waals surface area contributed by atoms with Crippen LogP contribution in [0.3, 0.4) is 0 Å². The van der Waals surface area contributed by atoms with E-state index in [4.69, 9.17) is 0 Å². The van der Waals surface area contributed by atoms with E-state index in [2.05, 4.69) is 11.6 Å². The molecule has 0 spiro atoms. The van der Waals surface area contributed by atoms with Crippen LogP contribution in [-0.4, -0.2) is 59.9 Å². The van der Waals surface area contributed by atoms with E-state index in [-0.39, 0.29) is 17.0 Å². The molecule has 11 heteroatoms. The fourth-order valence-electron chi connectivity index (χ4n) is 5.35. The molecule has 4 atom stereocenters. The van der Waals surface area contributed by atoms with Crippen LogP contribution in [0.15, 0.2) is 54.1 Å². The molecule has 36 heavy (non-hydrogen) atoms. The molecule has 2 aliphatic rings. The van der Waals surface area contributed by atoms with Crippen molar-refractivity contribution in [3.8, 4) is 0 Å². The Kier molecular flexibility index (Phi) is 6.91. The van der Waals surface area contributed by atoms with Crippen LogP contribution in [0.2, 0.25) is 0 Å². The topological polar surface area (TPSA) is 90.8 Å². The fraction of sp³-hybridized carbons (Fsp3) is 0.440. The standard InChI is InChI=1S/C25H28F3N3O4S/c1-4-23(36(34,35)19-8-5-17-6-9-20(24(32)33)21(17)11-19)30-13-15(2)31(16(3)14-30)22-10-7-18(12-29-22)25(26,27)28/h4-5,7-8,10-12,15-16,20,23H,1,6,9,13-14H2,2-3H3,(H,32,33). The lowest BCUT2D eigenvalue weighted by atomic mass is 10.0. The number of halogens is 3. The van der Waals surface area contributed by atoms with Crippen LogP contribution in [0.5, 0.6) is 0 Å². The lowest BCUT2D eigenvalue weighted by Gasteiger charge is -2.46. The third-order valence-electron chi connectivity index (χ3n) is 6.99.